The molecule has 222 valence electrons. The largest absolute Gasteiger partial charge is 0.497 e. The zero-order valence-corrected chi connectivity index (χ0v) is 25.4. The lowest BCUT2D eigenvalue weighted by molar-refractivity contribution is -0.129. The molecule has 0 unspecified atom stereocenters. The molecule has 0 aromatic heterocycles. The first-order valence-corrected chi connectivity index (χ1v) is 14.4. The molecular weight excluding hydrogens is 602 g/mol. The molecule has 4 rings (SSSR count). The number of aliphatic imine (C=N–C) groups is 1. The summed E-state index contributed by atoms with van der Waals surface area (Å²) in [5.41, 5.74) is 7.04. The third-order valence-corrected chi connectivity index (χ3v) is 7.60. The Morgan fingerprint density at radius 1 is 1.12 bits per heavy atom. The van der Waals surface area contributed by atoms with E-state index in [1.807, 2.05) is 66.7 Å². The topological polar surface area (TPSA) is 111 Å². The number of aliphatic hydroxyl groups excluding tert-OH is 1. The van der Waals surface area contributed by atoms with Gasteiger partial charge in [-0.25, -0.2) is 10.4 Å². The van der Waals surface area contributed by atoms with E-state index in [1.165, 1.54) is 0 Å². The fourth-order valence-electron chi connectivity index (χ4n) is 4.73. The van der Waals surface area contributed by atoms with Crippen LogP contribution in [0.5, 0.6) is 17.2 Å². The maximum Gasteiger partial charge on any atom is 0.266 e. The van der Waals surface area contributed by atoms with Gasteiger partial charge in [0.2, 0.25) is 5.90 Å². The maximum atomic E-state index is 14.0. The number of rotatable bonds is 15. The zero-order valence-electron chi connectivity index (χ0n) is 23.8. The Kier molecular flexibility index (Phi) is 11.0. The molecule has 0 spiro atoms. The van der Waals surface area contributed by atoms with Crippen LogP contribution in [-0.4, -0.2) is 56.4 Å². The molecule has 0 radical (unpaired) electrons. The number of halogens is 1. The molecule has 10 heteroatoms. The van der Waals surface area contributed by atoms with E-state index in [4.69, 9.17) is 29.0 Å². The van der Waals surface area contributed by atoms with Crippen molar-refractivity contribution in [3.05, 3.63) is 101 Å². The quantitative estimate of drug-likeness (QED) is 0.123. The van der Waals surface area contributed by atoms with Gasteiger partial charge in [0.15, 0.2) is 11.6 Å². The summed E-state index contributed by atoms with van der Waals surface area (Å²) in [5, 5.41) is 9.00. The Bertz CT molecular complexity index is 1400. The smallest absolute Gasteiger partial charge is 0.266 e. The summed E-state index contributed by atoms with van der Waals surface area (Å²) in [5.74, 6) is 2.13. The van der Waals surface area contributed by atoms with E-state index < -0.39 is 11.6 Å². The van der Waals surface area contributed by atoms with Gasteiger partial charge in [0.05, 0.1) is 20.8 Å². The van der Waals surface area contributed by atoms with Crippen molar-refractivity contribution >= 4 is 27.7 Å². The Morgan fingerprint density at radius 3 is 2.57 bits per heavy atom. The second-order valence-corrected chi connectivity index (χ2v) is 10.5. The number of methoxy groups -OCH3 is 2. The van der Waals surface area contributed by atoms with Crippen LogP contribution in [0.1, 0.15) is 35.6 Å². The Labute approximate surface area is 254 Å². The van der Waals surface area contributed by atoms with Gasteiger partial charge in [-0.15, -0.1) is 6.58 Å². The van der Waals surface area contributed by atoms with Crippen molar-refractivity contribution in [2.24, 2.45) is 4.99 Å². The number of hydrazine groups is 1. The molecule has 3 aromatic carbocycles. The molecule has 1 heterocycles. The number of nitrogens with one attached hydrogen (secondary N) is 2. The molecule has 1 aliphatic rings. The van der Waals surface area contributed by atoms with E-state index in [-0.39, 0.29) is 18.9 Å². The van der Waals surface area contributed by atoms with E-state index in [0.29, 0.717) is 43.2 Å². The van der Waals surface area contributed by atoms with Gasteiger partial charge in [0, 0.05) is 41.6 Å². The van der Waals surface area contributed by atoms with E-state index >= 15 is 0 Å². The summed E-state index contributed by atoms with van der Waals surface area (Å²) in [7, 11) is 3.24. The maximum absolute atomic E-state index is 14.0. The highest BCUT2D eigenvalue weighted by Gasteiger charge is 2.53. The van der Waals surface area contributed by atoms with Crippen LogP contribution in [0.2, 0.25) is 0 Å². The Hall–Kier alpha value is -3.86. The van der Waals surface area contributed by atoms with Crippen LogP contribution in [0, 0.1) is 0 Å². The third-order valence-electron chi connectivity index (χ3n) is 6.88. The number of ether oxygens (including phenoxy) is 4. The molecule has 42 heavy (non-hydrogen) atoms. The first-order chi connectivity index (χ1) is 20.4. The minimum Gasteiger partial charge on any atom is -0.497 e. The molecule has 3 N–H and O–H groups in total. The van der Waals surface area contributed by atoms with Crippen molar-refractivity contribution in [2.75, 3.05) is 34.0 Å². The molecule has 0 bridgehead atoms. The summed E-state index contributed by atoms with van der Waals surface area (Å²) in [4.78, 5) is 18.9. The van der Waals surface area contributed by atoms with Crippen molar-refractivity contribution in [3.8, 4) is 17.2 Å². The highest BCUT2D eigenvalue weighted by molar-refractivity contribution is 9.10. The second kappa shape index (κ2) is 14.9. The van der Waals surface area contributed by atoms with E-state index in [9.17, 15) is 4.79 Å². The molecule has 0 saturated carbocycles. The molecule has 0 aliphatic carbocycles. The summed E-state index contributed by atoms with van der Waals surface area (Å²) in [6, 6.07) is 20.5. The number of amides is 1. The van der Waals surface area contributed by atoms with Gasteiger partial charge in [0.25, 0.3) is 5.91 Å². The molecule has 1 aliphatic heterocycles. The average Bonchev–Trinajstić information content (AvgIpc) is 3.40. The van der Waals surface area contributed by atoms with Crippen molar-refractivity contribution in [1.29, 1.82) is 0 Å². The van der Waals surface area contributed by atoms with Crippen LogP contribution >= 0.6 is 15.9 Å². The van der Waals surface area contributed by atoms with Gasteiger partial charge < -0.3 is 24.1 Å². The highest BCUT2D eigenvalue weighted by atomic mass is 79.9. The van der Waals surface area contributed by atoms with E-state index in [0.717, 1.165) is 27.1 Å². The number of hydrogen-bond acceptors (Lipinski definition) is 8. The monoisotopic (exact) mass is 637 g/mol. The normalized spacial score (nSPS) is 17.6. The molecule has 0 fully saturated rings. The predicted molar refractivity (Wildman–Crippen MR) is 165 cm³/mol. The SMILES string of the molecule is C=CC[C@]1(C(=O)NNCCc2cc(OC)ccc2OC)N=C(c2ccc(OCCCO)cc2)O[C@H]1c1ccccc1Br. The predicted octanol–water partition coefficient (Wildman–Crippen LogP) is 4.92. The van der Waals surface area contributed by atoms with Gasteiger partial charge in [0.1, 0.15) is 17.2 Å². The lowest BCUT2D eigenvalue weighted by atomic mass is 9.84. The minimum atomic E-state index is -1.32. The summed E-state index contributed by atoms with van der Waals surface area (Å²) >= 11 is 3.63. The van der Waals surface area contributed by atoms with Crippen LogP contribution in [0.4, 0.5) is 0 Å². The van der Waals surface area contributed by atoms with Crippen LogP contribution in [-0.2, 0) is 16.0 Å². The van der Waals surface area contributed by atoms with Crippen LogP contribution in [0.15, 0.2) is 88.9 Å². The fraction of sp³-hybridized carbons (Fsp3) is 0.312. The number of hydrogen-bond donors (Lipinski definition) is 3. The zero-order chi connectivity index (χ0) is 30.0. The minimum absolute atomic E-state index is 0.0661. The van der Waals surface area contributed by atoms with Crippen molar-refractivity contribution < 1.29 is 28.8 Å². The Morgan fingerprint density at radius 2 is 1.88 bits per heavy atom. The third kappa shape index (κ3) is 7.13. The standard InChI is InChI=1S/C32H36BrN3O6/c1-4-17-32(31(38)36-34-18-16-23-21-25(39-2)14-15-28(23)40-3)29(26-8-5-6-9-27(26)33)42-30(35-32)22-10-12-24(13-11-22)41-20-7-19-37/h4-6,8-15,21,29,34,37H,1,7,16-20H2,2-3H3,(H,36,38)/t29-,32-/m0/s1. The molecule has 1 amide bonds. The molecule has 3 aromatic rings. The lowest BCUT2D eigenvalue weighted by Crippen LogP contribution is -2.52. The first-order valence-electron chi connectivity index (χ1n) is 13.7. The van der Waals surface area contributed by atoms with Crippen molar-refractivity contribution in [2.45, 2.75) is 30.9 Å². The van der Waals surface area contributed by atoms with Crippen LogP contribution in [0.3, 0.4) is 0 Å². The lowest BCUT2D eigenvalue weighted by Gasteiger charge is -2.30. The van der Waals surface area contributed by atoms with Gasteiger partial charge >= 0.3 is 0 Å². The fourth-order valence-corrected chi connectivity index (χ4v) is 5.22. The number of aliphatic hydroxyl groups is 1. The molecule has 2 atom stereocenters. The van der Waals surface area contributed by atoms with E-state index in [1.54, 1.807) is 20.3 Å². The number of carbonyl (C=O) groups is 1. The second-order valence-electron chi connectivity index (χ2n) is 9.61. The van der Waals surface area contributed by atoms with Gasteiger partial charge in [-0.1, -0.05) is 40.2 Å². The van der Waals surface area contributed by atoms with Gasteiger partial charge in [-0.2, -0.15) is 0 Å². The summed E-state index contributed by atoms with van der Waals surface area (Å²) in [6.07, 6.45) is 2.33. The van der Waals surface area contributed by atoms with Crippen LogP contribution in [0.25, 0.3) is 0 Å². The molecule has 9 nitrogen and oxygen atoms in total. The number of carbonyl (C=O) groups excluding carboxylic acids is 1. The first kappa shape index (κ1) is 31.1. The Balaban J connectivity index is 1.57. The summed E-state index contributed by atoms with van der Waals surface area (Å²) < 4.78 is 23.7. The van der Waals surface area contributed by atoms with Gasteiger partial charge in [-0.05, 0) is 60.5 Å². The highest BCUT2D eigenvalue weighted by Crippen LogP contribution is 2.44. The van der Waals surface area contributed by atoms with E-state index in [2.05, 4.69) is 33.4 Å². The molecule has 0 saturated heterocycles. The van der Waals surface area contributed by atoms with Crippen molar-refractivity contribution in [3.63, 3.8) is 0 Å². The number of benzene rings is 3. The summed E-state index contributed by atoms with van der Waals surface area (Å²) in [6.45, 7) is 4.84. The van der Waals surface area contributed by atoms with Crippen LogP contribution < -0.4 is 25.1 Å². The molecular formula is C32H36BrN3O6. The van der Waals surface area contributed by atoms with Crippen molar-refractivity contribution in [1.82, 2.24) is 10.9 Å². The average molecular weight is 639 g/mol. The van der Waals surface area contributed by atoms with Gasteiger partial charge in [-0.3, -0.25) is 10.2 Å². The number of nitrogens with zero attached hydrogens (tertiary/aromatic N) is 1.